The molecule has 1 heterocycles. The smallest absolute Gasteiger partial charge is 0.263 e. The fourth-order valence-electron chi connectivity index (χ4n) is 2.54. The van der Waals surface area contributed by atoms with Gasteiger partial charge in [-0.2, -0.15) is 0 Å². The van der Waals surface area contributed by atoms with E-state index in [-0.39, 0.29) is 5.91 Å². The van der Waals surface area contributed by atoms with Crippen LogP contribution in [0.3, 0.4) is 0 Å². The summed E-state index contributed by atoms with van der Waals surface area (Å²) >= 11 is 0. The minimum absolute atomic E-state index is 0.0983. The molecule has 21 heavy (non-hydrogen) atoms. The van der Waals surface area contributed by atoms with Gasteiger partial charge in [-0.15, -0.1) is 0 Å². The molecule has 1 N–H and O–H groups in total. The van der Waals surface area contributed by atoms with E-state index in [2.05, 4.69) is 12.2 Å². The Kier molecular flexibility index (Phi) is 6.05. The average Bonchev–Trinajstić information content (AvgIpc) is 3.02. The van der Waals surface area contributed by atoms with E-state index in [9.17, 15) is 4.79 Å². The largest absolute Gasteiger partial charge is 0.481 e. The number of nitrogens with zero attached hydrogens (tertiary/aromatic N) is 1. The summed E-state index contributed by atoms with van der Waals surface area (Å²) in [4.78, 5) is 14.1. The summed E-state index contributed by atoms with van der Waals surface area (Å²) in [6.07, 6.45) is 2.94. The molecule has 4 nitrogen and oxygen atoms in total. The molecule has 1 aliphatic rings. The Bertz CT molecular complexity index is 439. The molecule has 1 unspecified atom stereocenters. The molecule has 4 heteroatoms. The molecular formula is C17H26N2O2. The van der Waals surface area contributed by atoms with Gasteiger partial charge in [0.05, 0.1) is 0 Å². The van der Waals surface area contributed by atoms with Crippen molar-refractivity contribution in [1.29, 1.82) is 0 Å². The number of hydrogen-bond donors (Lipinski definition) is 1. The molecular weight excluding hydrogens is 264 g/mol. The fourth-order valence-corrected chi connectivity index (χ4v) is 2.54. The molecule has 1 aliphatic heterocycles. The summed E-state index contributed by atoms with van der Waals surface area (Å²) in [5.74, 6) is 0.857. The van der Waals surface area contributed by atoms with Gasteiger partial charge in [-0.1, -0.05) is 19.1 Å². The number of carbonyl (C=O) groups is 1. The number of benzene rings is 1. The van der Waals surface area contributed by atoms with Crippen LogP contribution in [0.1, 0.15) is 38.7 Å². The van der Waals surface area contributed by atoms with Crippen molar-refractivity contribution in [2.24, 2.45) is 0 Å². The van der Waals surface area contributed by atoms with Gasteiger partial charge in [0.15, 0.2) is 6.10 Å². The Morgan fingerprint density at radius 2 is 1.95 bits per heavy atom. The molecule has 0 bridgehead atoms. The first kappa shape index (κ1) is 15.8. The van der Waals surface area contributed by atoms with Gasteiger partial charge in [0.1, 0.15) is 5.75 Å². The number of amides is 1. The first-order valence-corrected chi connectivity index (χ1v) is 7.96. The highest BCUT2D eigenvalue weighted by molar-refractivity contribution is 5.81. The van der Waals surface area contributed by atoms with Crippen molar-refractivity contribution in [1.82, 2.24) is 10.2 Å². The quantitative estimate of drug-likeness (QED) is 0.785. The van der Waals surface area contributed by atoms with Crippen LogP contribution in [-0.4, -0.2) is 36.5 Å². The lowest BCUT2D eigenvalue weighted by molar-refractivity contribution is -0.136. The van der Waals surface area contributed by atoms with Crippen LogP contribution in [0.5, 0.6) is 5.75 Å². The standard InChI is InChI=1S/C17H26N2O2/c1-3-10-18-13-15-6-8-16(9-7-15)21-14(2)17(20)19-11-4-5-12-19/h6-9,14,18H,3-5,10-13H2,1-2H3. The zero-order chi connectivity index (χ0) is 15.1. The van der Waals surface area contributed by atoms with Crippen LogP contribution in [0, 0.1) is 0 Å². The highest BCUT2D eigenvalue weighted by atomic mass is 16.5. The summed E-state index contributed by atoms with van der Waals surface area (Å²) in [6, 6.07) is 7.98. The average molecular weight is 290 g/mol. The van der Waals surface area contributed by atoms with Crippen LogP contribution < -0.4 is 10.1 Å². The predicted molar refractivity (Wildman–Crippen MR) is 84.3 cm³/mol. The summed E-state index contributed by atoms with van der Waals surface area (Å²) in [7, 11) is 0. The van der Waals surface area contributed by atoms with Crippen LogP contribution >= 0.6 is 0 Å². The zero-order valence-electron chi connectivity index (χ0n) is 13.1. The van der Waals surface area contributed by atoms with Crippen molar-refractivity contribution in [2.45, 2.75) is 45.8 Å². The number of rotatable bonds is 7. The van der Waals surface area contributed by atoms with E-state index in [4.69, 9.17) is 4.74 Å². The van der Waals surface area contributed by atoms with E-state index in [1.165, 1.54) is 5.56 Å². The molecule has 1 atom stereocenters. The second-order valence-corrected chi connectivity index (χ2v) is 5.61. The van der Waals surface area contributed by atoms with E-state index in [1.807, 2.05) is 36.1 Å². The lowest BCUT2D eigenvalue weighted by Crippen LogP contribution is -2.38. The molecule has 1 amide bonds. The van der Waals surface area contributed by atoms with E-state index in [0.717, 1.165) is 51.2 Å². The first-order valence-electron chi connectivity index (χ1n) is 7.96. The molecule has 0 spiro atoms. The number of likely N-dealkylation sites (tertiary alicyclic amines) is 1. The Morgan fingerprint density at radius 1 is 1.29 bits per heavy atom. The topological polar surface area (TPSA) is 41.6 Å². The maximum Gasteiger partial charge on any atom is 0.263 e. The minimum atomic E-state index is -0.410. The van der Waals surface area contributed by atoms with Gasteiger partial charge in [0.2, 0.25) is 0 Å². The fraction of sp³-hybridized carbons (Fsp3) is 0.588. The van der Waals surface area contributed by atoms with Crippen molar-refractivity contribution < 1.29 is 9.53 Å². The third kappa shape index (κ3) is 4.74. The predicted octanol–water partition coefficient (Wildman–Crippen LogP) is 2.58. The van der Waals surface area contributed by atoms with E-state index in [1.54, 1.807) is 0 Å². The normalized spacial score (nSPS) is 16.0. The summed E-state index contributed by atoms with van der Waals surface area (Å²) in [5.41, 5.74) is 1.23. The van der Waals surface area contributed by atoms with E-state index in [0.29, 0.717) is 0 Å². The Morgan fingerprint density at radius 3 is 2.57 bits per heavy atom. The highest BCUT2D eigenvalue weighted by Crippen LogP contribution is 2.16. The maximum atomic E-state index is 12.2. The third-order valence-electron chi connectivity index (χ3n) is 3.76. The van der Waals surface area contributed by atoms with Crippen LogP contribution in [0.15, 0.2) is 24.3 Å². The number of hydrogen-bond acceptors (Lipinski definition) is 3. The maximum absolute atomic E-state index is 12.2. The molecule has 2 rings (SSSR count). The minimum Gasteiger partial charge on any atom is -0.481 e. The SMILES string of the molecule is CCCNCc1ccc(OC(C)C(=O)N2CCCC2)cc1. The van der Waals surface area contributed by atoms with Crippen LogP contribution in [-0.2, 0) is 11.3 Å². The lowest BCUT2D eigenvalue weighted by Gasteiger charge is -2.21. The second kappa shape index (κ2) is 8.03. The second-order valence-electron chi connectivity index (χ2n) is 5.61. The summed E-state index contributed by atoms with van der Waals surface area (Å²) in [6.45, 7) is 7.62. The van der Waals surface area contributed by atoms with Gasteiger partial charge in [0.25, 0.3) is 5.91 Å². The van der Waals surface area contributed by atoms with Crippen molar-refractivity contribution in [3.8, 4) is 5.75 Å². The van der Waals surface area contributed by atoms with E-state index < -0.39 is 6.10 Å². The van der Waals surface area contributed by atoms with Crippen molar-refractivity contribution in [3.63, 3.8) is 0 Å². The molecule has 0 aromatic heterocycles. The van der Waals surface area contributed by atoms with Crippen LogP contribution in [0.4, 0.5) is 0 Å². The van der Waals surface area contributed by atoms with Gasteiger partial charge in [-0.3, -0.25) is 4.79 Å². The molecule has 0 saturated carbocycles. The number of carbonyl (C=O) groups excluding carboxylic acids is 1. The molecule has 0 radical (unpaired) electrons. The molecule has 116 valence electrons. The zero-order valence-corrected chi connectivity index (χ0v) is 13.1. The van der Waals surface area contributed by atoms with Crippen LogP contribution in [0.25, 0.3) is 0 Å². The van der Waals surface area contributed by atoms with Gasteiger partial charge in [-0.25, -0.2) is 0 Å². The molecule has 1 saturated heterocycles. The number of ether oxygens (including phenoxy) is 1. The third-order valence-corrected chi connectivity index (χ3v) is 3.76. The van der Waals surface area contributed by atoms with Crippen molar-refractivity contribution in [3.05, 3.63) is 29.8 Å². The lowest BCUT2D eigenvalue weighted by atomic mass is 10.2. The van der Waals surface area contributed by atoms with Gasteiger partial charge >= 0.3 is 0 Å². The van der Waals surface area contributed by atoms with Crippen molar-refractivity contribution in [2.75, 3.05) is 19.6 Å². The molecule has 0 aliphatic carbocycles. The number of nitrogens with one attached hydrogen (secondary N) is 1. The van der Waals surface area contributed by atoms with Gasteiger partial charge in [-0.05, 0) is 50.4 Å². The monoisotopic (exact) mass is 290 g/mol. The summed E-state index contributed by atoms with van der Waals surface area (Å²) < 4.78 is 5.76. The molecule has 1 fully saturated rings. The Balaban J connectivity index is 1.83. The Hall–Kier alpha value is -1.55. The van der Waals surface area contributed by atoms with Crippen molar-refractivity contribution >= 4 is 5.91 Å². The van der Waals surface area contributed by atoms with Gasteiger partial charge in [0, 0.05) is 19.6 Å². The highest BCUT2D eigenvalue weighted by Gasteiger charge is 2.24. The van der Waals surface area contributed by atoms with Gasteiger partial charge < -0.3 is 15.0 Å². The first-order chi connectivity index (χ1) is 10.2. The summed E-state index contributed by atoms with van der Waals surface area (Å²) in [5, 5.41) is 3.37. The Labute approximate surface area is 127 Å². The molecule has 1 aromatic carbocycles. The van der Waals surface area contributed by atoms with E-state index >= 15 is 0 Å². The van der Waals surface area contributed by atoms with Crippen LogP contribution in [0.2, 0.25) is 0 Å². The molecule has 1 aromatic rings.